The zero-order valence-electron chi connectivity index (χ0n) is 21.8. The lowest BCUT2D eigenvalue weighted by molar-refractivity contribution is -0.139. The predicted octanol–water partition coefficient (Wildman–Crippen LogP) is 8.51. The number of ether oxygens (including phenoxy) is 2. The van der Waals surface area contributed by atoms with Crippen LogP contribution in [0.25, 0.3) is 32.8 Å². The zero-order valence-corrected chi connectivity index (χ0v) is 22.6. The first-order chi connectivity index (χ1) is 19.7. The third kappa shape index (κ3) is 6.75. The minimum absolute atomic E-state index is 0.0908. The maximum Gasteiger partial charge on any atom is 0.416 e. The second-order valence-corrected chi connectivity index (χ2v) is 10.3. The summed E-state index contributed by atoms with van der Waals surface area (Å²) in [7, 11) is 0. The summed E-state index contributed by atoms with van der Waals surface area (Å²) < 4.78 is 51.7. The molecule has 5 rings (SSSR count). The summed E-state index contributed by atoms with van der Waals surface area (Å²) in [4.78, 5) is 16.2. The van der Waals surface area contributed by atoms with Gasteiger partial charge in [-0.25, -0.2) is 9.78 Å². The number of aromatic nitrogens is 1. The molecule has 0 atom stereocenters. The fraction of sp³-hybridized carbons (Fsp3) is 0.125. The Morgan fingerprint density at radius 1 is 0.829 bits per heavy atom. The van der Waals surface area contributed by atoms with Crippen molar-refractivity contribution in [2.75, 3.05) is 6.61 Å². The molecule has 5 nitrogen and oxygen atoms in total. The first-order valence-corrected chi connectivity index (χ1v) is 13.4. The fourth-order valence-electron chi connectivity index (χ4n) is 4.26. The van der Waals surface area contributed by atoms with Crippen molar-refractivity contribution in [3.8, 4) is 44.3 Å². The lowest BCUT2D eigenvalue weighted by Gasteiger charge is -2.09. The molecule has 1 aromatic heterocycles. The molecular formula is C32H24F3NO4S. The van der Waals surface area contributed by atoms with Crippen molar-refractivity contribution in [3.05, 3.63) is 113 Å². The molecule has 0 amide bonds. The largest absolute Gasteiger partial charge is 0.486 e. The molecule has 0 saturated carbocycles. The van der Waals surface area contributed by atoms with Gasteiger partial charge < -0.3 is 14.6 Å². The van der Waals surface area contributed by atoms with Gasteiger partial charge in [0.25, 0.3) is 0 Å². The van der Waals surface area contributed by atoms with E-state index in [0.717, 1.165) is 28.8 Å². The lowest BCUT2D eigenvalue weighted by Crippen LogP contribution is -2.10. The Labute approximate surface area is 238 Å². The molecule has 0 saturated heterocycles. The number of hydrogen-bond acceptors (Lipinski definition) is 5. The van der Waals surface area contributed by atoms with Crippen LogP contribution in [0, 0.1) is 6.92 Å². The smallest absolute Gasteiger partial charge is 0.416 e. The Kier molecular flexibility index (Phi) is 8.07. The number of alkyl halides is 3. The lowest BCUT2D eigenvalue weighted by atomic mass is 10.0. The molecule has 4 aromatic carbocycles. The van der Waals surface area contributed by atoms with Gasteiger partial charge >= 0.3 is 12.1 Å². The van der Waals surface area contributed by atoms with Gasteiger partial charge in [0.05, 0.1) is 16.1 Å². The number of aliphatic carboxylic acids is 1. The van der Waals surface area contributed by atoms with Crippen molar-refractivity contribution >= 4 is 17.3 Å². The molecule has 0 unspecified atom stereocenters. The molecule has 5 aromatic rings. The summed E-state index contributed by atoms with van der Waals surface area (Å²) in [5, 5.41) is 9.42. The zero-order chi connectivity index (χ0) is 29.0. The Balaban J connectivity index is 1.45. The van der Waals surface area contributed by atoms with Crippen LogP contribution in [0.4, 0.5) is 13.2 Å². The van der Waals surface area contributed by atoms with Crippen molar-refractivity contribution in [2.24, 2.45) is 0 Å². The monoisotopic (exact) mass is 575 g/mol. The summed E-state index contributed by atoms with van der Waals surface area (Å²) in [5.74, 6) is -0.118. The van der Waals surface area contributed by atoms with Crippen LogP contribution in [0.3, 0.4) is 0 Å². The van der Waals surface area contributed by atoms with Gasteiger partial charge in [-0.3, -0.25) is 0 Å². The number of carbonyl (C=O) groups is 1. The van der Waals surface area contributed by atoms with Crippen LogP contribution >= 0.6 is 11.3 Å². The maximum atomic E-state index is 13.5. The summed E-state index contributed by atoms with van der Waals surface area (Å²) in [6.45, 7) is 1.41. The first-order valence-electron chi connectivity index (χ1n) is 12.6. The van der Waals surface area contributed by atoms with Crippen LogP contribution in [0.1, 0.15) is 16.1 Å². The van der Waals surface area contributed by atoms with Crippen molar-refractivity contribution in [1.29, 1.82) is 0 Å². The van der Waals surface area contributed by atoms with Crippen molar-refractivity contribution < 1.29 is 32.5 Å². The molecule has 0 radical (unpaired) electrons. The summed E-state index contributed by atoms with van der Waals surface area (Å²) in [6.07, 6.45) is -4.47. The Hall–Kier alpha value is -4.63. The standard InChI is InChI=1S/C32H24F3NO4S/c1-20-16-26(14-15-27(20)40-19-29(37)38)39-18-28-36-30(23-12-10-22(11-13-23)21-6-3-2-4-7-21)31(41-28)24-8-5-9-25(17-24)32(33,34)35/h2-17H,18-19H2,1H3,(H,37,38). The molecular weight excluding hydrogens is 551 g/mol. The van der Waals surface area contributed by atoms with Gasteiger partial charge in [-0.05, 0) is 59.5 Å². The fourth-order valence-corrected chi connectivity index (χ4v) is 5.26. The number of nitrogens with zero attached hydrogens (tertiary/aromatic N) is 1. The van der Waals surface area contributed by atoms with Crippen molar-refractivity contribution in [1.82, 2.24) is 4.98 Å². The number of carboxylic acids is 1. The summed E-state index contributed by atoms with van der Waals surface area (Å²) in [6, 6.07) is 27.9. The third-order valence-corrected chi connectivity index (χ3v) is 7.33. The number of carboxylic acid groups (broad SMARTS) is 1. The van der Waals surface area contributed by atoms with Gasteiger partial charge in [0.1, 0.15) is 23.1 Å². The van der Waals surface area contributed by atoms with Gasteiger partial charge in [0.2, 0.25) is 0 Å². The van der Waals surface area contributed by atoms with Crippen LogP contribution in [0.2, 0.25) is 0 Å². The second-order valence-electron chi connectivity index (χ2n) is 9.21. The molecule has 9 heteroatoms. The van der Waals surface area contributed by atoms with Gasteiger partial charge in [-0.15, -0.1) is 11.3 Å². The molecule has 0 aliphatic rings. The highest BCUT2D eigenvalue weighted by molar-refractivity contribution is 7.15. The number of halogens is 3. The van der Waals surface area contributed by atoms with Crippen LogP contribution in [-0.2, 0) is 17.6 Å². The van der Waals surface area contributed by atoms with E-state index in [4.69, 9.17) is 19.6 Å². The van der Waals surface area contributed by atoms with E-state index in [-0.39, 0.29) is 6.61 Å². The van der Waals surface area contributed by atoms with E-state index >= 15 is 0 Å². The number of rotatable bonds is 9. The van der Waals surface area contributed by atoms with E-state index in [1.807, 2.05) is 54.6 Å². The molecule has 1 heterocycles. The number of aryl methyl sites for hydroxylation is 1. The molecule has 1 N–H and O–H groups in total. The normalized spacial score (nSPS) is 11.3. The third-order valence-electron chi connectivity index (χ3n) is 6.25. The average molecular weight is 576 g/mol. The van der Waals surface area contributed by atoms with Crippen LogP contribution in [-0.4, -0.2) is 22.7 Å². The van der Waals surface area contributed by atoms with Gasteiger partial charge in [0, 0.05) is 5.56 Å². The van der Waals surface area contributed by atoms with E-state index in [0.29, 0.717) is 38.2 Å². The predicted molar refractivity (Wildman–Crippen MR) is 152 cm³/mol. The number of benzene rings is 4. The van der Waals surface area contributed by atoms with E-state index in [1.165, 1.54) is 17.4 Å². The molecule has 0 spiro atoms. The Morgan fingerprint density at radius 2 is 1.51 bits per heavy atom. The Morgan fingerprint density at radius 3 is 2.20 bits per heavy atom. The van der Waals surface area contributed by atoms with E-state index < -0.39 is 24.3 Å². The maximum absolute atomic E-state index is 13.5. The van der Waals surface area contributed by atoms with Gasteiger partial charge in [-0.1, -0.05) is 66.7 Å². The van der Waals surface area contributed by atoms with Crippen molar-refractivity contribution in [2.45, 2.75) is 19.7 Å². The quantitative estimate of drug-likeness (QED) is 0.191. The molecule has 0 bridgehead atoms. The highest BCUT2D eigenvalue weighted by atomic mass is 32.1. The topological polar surface area (TPSA) is 68.7 Å². The minimum atomic E-state index is -4.47. The molecule has 0 aliphatic heterocycles. The van der Waals surface area contributed by atoms with Gasteiger partial charge in [0.15, 0.2) is 6.61 Å². The van der Waals surface area contributed by atoms with Crippen LogP contribution < -0.4 is 9.47 Å². The molecule has 0 fully saturated rings. The highest BCUT2D eigenvalue weighted by Gasteiger charge is 2.31. The minimum Gasteiger partial charge on any atom is -0.486 e. The molecule has 0 aliphatic carbocycles. The van der Waals surface area contributed by atoms with Gasteiger partial charge in [-0.2, -0.15) is 13.2 Å². The first kappa shape index (κ1) is 27.9. The van der Waals surface area contributed by atoms with Crippen LogP contribution in [0.5, 0.6) is 11.5 Å². The number of hydrogen-bond donors (Lipinski definition) is 1. The number of thiazole rings is 1. The van der Waals surface area contributed by atoms with E-state index in [9.17, 15) is 18.0 Å². The molecule has 208 valence electrons. The summed E-state index contributed by atoms with van der Waals surface area (Å²) in [5.41, 5.74) is 3.80. The van der Waals surface area contributed by atoms with Crippen molar-refractivity contribution in [3.63, 3.8) is 0 Å². The van der Waals surface area contributed by atoms with E-state index in [1.54, 1.807) is 31.2 Å². The highest BCUT2D eigenvalue weighted by Crippen LogP contribution is 2.40. The molecule has 41 heavy (non-hydrogen) atoms. The average Bonchev–Trinajstić information content (AvgIpc) is 3.40. The SMILES string of the molecule is Cc1cc(OCc2nc(-c3ccc(-c4ccccc4)cc3)c(-c3cccc(C(F)(F)F)c3)s2)ccc1OCC(=O)O. The summed E-state index contributed by atoms with van der Waals surface area (Å²) >= 11 is 1.27. The Bertz CT molecular complexity index is 1670. The van der Waals surface area contributed by atoms with E-state index in [2.05, 4.69) is 0 Å². The van der Waals surface area contributed by atoms with Crippen LogP contribution in [0.15, 0.2) is 97.1 Å². The second kappa shape index (κ2) is 11.9.